The van der Waals surface area contributed by atoms with E-state index in [1.54, 1.807) is 26.0 Å². The Bertz CT molecular complexity index is 1010. The van der Waals surface area contributed by atoms with Crippen LogP contribution in [-0.4, -0.2) is 30.0 Å². The number of hydrogen-bond acceptors (Lipinski definition) is 4. The molecule has 0 saturated carbocycles. The van der Waals surface area contributed by atoms with Crippen molar-refractivity contribution in [2.75, 3.05) is 20.0 Å². The summed E-state index contributed by atoms with van der Waals surface area (Å²) < 4.78 is 10.7. The van der Waals surface area contributed by atoms with E-state index in [0.717, 1.165) is 47.6 Å². The van der Waals surface area contributed by atoms with E-state index < -0.39 is 0 Å². The van der Waals surface area contributed by atoms with Crippen molar-refractivity contribution in [3.05, 3.63) is 89.5 Å². The number of hydrogen-bond donors (Lipinski definition) is 0. The molecule has 0 spiro atoms. The largest absolute Gasteiger partial charge is 0.497 e. The highest BCUT2D eigenvalue weighted by atomic mass is 127. The summed E-state index contributed by atoms with van der Waals surface area (Å²) in [7, 11) is 3.39. The molecule has 0 fully saturated rings. The van der Waals surface area contributed by atoms with Crippen molar-refractivity contribution in [3.8, 4) is 11.5 Å². The lowest BCUT2D eigenvalue weighted by Gasteiger charge is -2.27. The van der Waals surface area contributed by atoms with Gasteiger partial charge in [0.05, 0.1) is 19.9 Å². The van der Waals surface area contributed by atoms with Gasteiger partial charge in [-0.25, -0.2) is 4.99 Å². The standard InChI is InChI=1S/C29H36N2O2S.HI/c1-6-22(3)27-10-8-9-11-28(27)30-29(34-7-2)31(20-23-12-16-25(32-4)17-13-23)21-24-14-18-26(33-5)19-15-24;/h8-19,22H,6-7,20-21H2,1-5H3;1H. The van der Waals surface area contributed by atoms with Gasteiger partial charge in [-0.3, -0.25) is 0 Å². The van der Waals surface area contributed by atoms with Crippen LogP contribution in [0.25, 0.3) is 0 Å². The van der Waals surface area contributed by atoms with E-state index in [-0.39, 0.29) is 24.0 Å². The van der Waals surface area contributed by atoms with Gasteiger partial charge in [-0.2, -0.15) is 0 Å². The highest BCUT2D eigenvalue weighted by Gasteiger charge is 2.16. The first-order chi connectivity index (χ1) is 16.6. The molecule has 0 radical (unpaired) electrons. The van der Waals surface area contributed by atoms with E-state index in [9.17, 15) is 0 Å². The molecule has 1 atom stereocenters. The SMILES string of the molecule is CCSC(=Nc1ccccc1C(C)CC)N(Cc1ccc(OC)cc1)Cc1ccc(OC)cc1.I. The molecular weight excluding hydrogens is 567 g/mol. The molecule has 4 nitrogen and oxygen atoms in total. The molecule has 3 aromatic rings. The minimum absolute atomic E-state index is 0. The van der Waals surface area contributed by atoms with Crippen LogP contribution in [0.3, 0.4) is 0 Å². The zero-order valence-electron chi connectivity index (χ0n) is 21.4. The fourth-order valence-electron chi connectivity index (χ4n) is 3.75. The fraction of sp³-hybridized carbons (Fsp3) is 0.345. The van der Waals surface area contributed by atoms with Crippen LogP contribution in [0.1, 0.15) is 49.8 Å². The summed E-state index contributed by atoms with van der Waals surface area (Å²) in [5.74, 6) is 3.14. The van der Waals surface area contributed by atoms with Crippen LogP contribution in [0.4, 0.5) is 5.69 Å². The molecule has 0 saturated heterocycles. The van der Waals surface area contributed by atoms with Gasteiger partial charge in [0.2, 0.25) is 0 Å². The molecule has 0 aromatic heterocycles. The number of amidine groups is 1. The summed E-state index contributed by atoms with van der Waals surface area (Å²) in [6.07, 6.45) is 1.09. The Morgan fingerprint density at radius 1 is 0.829 bits per heavy atom. The summed E-state index contributed by atoms with van der Waals surface area (Å²) in [4.78, 5) is 7.60. The summed E-state index contributed by atoms with van der Waals surface area (Å²) >= 11 is 1.79. The Morgan fingerprint density at radius 3 is 1.80 bits per heavy atom. The Balaban J connectivity index is 0.00000432. The van der Waals surface area contributed by atoms with E-state index in [4.69, 9.17) is 14.5 Å². The Hall–Kier alpha value is -2.19. The van der Waals surface area contributed by atoms with Gasteiger partial charge in [0.25, 0.3) is 0 Å². The number of benzene rings is 3. The molecule has 0 amide bonds. The highest BCUT2D eigenvalue weighted by molar-refractivity contribution is 14.0. The van der Waals surface area contributed by atoms with E-state index in [0.29, 0.717) is 5.92 Å². The second-order valence-corrected chi connectivity index (χ2v) is 9.48. The maximum Gasteiger partial charge on any atom is 0.164 e. The van der Waals surface area contributed by atoms with Gasteiger partial charge in [-0.1, -0.05) is 75.0 Å². The van der Waals surface area contributed by atoms with Crippen LogP contribution in [0.5, 0.6) is 11.5 Å². The highest BCUT2D eigenvalue weighted by Crippen LogP contribution is 2.31. The molecule has 0 bridgehead atoms. The van der Waals surface area contributed by atoms with E-state index in [1.807, 2.05) is 24.3 Å². The smallest absolute Gasteiger partial charge is 0.164 e. The minimum Gasteiger partial charge on any atom is -0.497 e. The second-order valence-electron chi connectivity index (χ2n) is 8.25. The number of aliphatic imine (C=N–C) groups is 1. The van der Waals surface area contributed by atoms with E-state index in [1.165, 1.54) is 16.7 Å². The van der Waals surface area contributed by atoms with Gasteiger partial charge in [0, 0.05) is 13.1 Å². The monoisotopic (exact) mass is 604 g/mol. The number of methoxy groups -OCH3 is 2. The zero-order chi connectivity index (χ0) is 24.3. The van der Waals surface area contributed by atoms with Crippen molar-refractivity contribution < 1.29 is 9.47 Å². The zero-order valence-corrected chi connectivity index (χ0v) is 24.5. The van der Waals surface area contributed by atoms with Crippen LogP contribution in [0.2, 0.25) is 0 Å². The van der Waals surface area contributed by atoms with E-state index in [2.05, 4.69) is 74.2 Å². The Labute approximate surface area is 232 Å². The van der Waals surface area contributed by atoms with Gasteiger partial charge in [-0.15, -0.1) is 24.0 Å². The van der Waals surface area contributed by atoms with Crippen molar-refractivity contribution in [2.24, 2.45) is 4.99 Å². The van der Waals surface area contributed by atoms with Crippen LogP contribution >= 0.6 is 35.7 Å². The molecule has 0 aliphatic heterocycles. The summed E-state index contributed by atoms with van der Waals surface area (Å²) in [5.41, 5.74) is 4.79. The van der Waals surface area contributed by atoms with Crippen molar-refractivity contribution in [1.29, 1.82) is 0 Å². The maximum absolute atomic E-state index is 5.35. The molecule has 0 N–H and O–H groups in total. The lowest BCUT2D eigenvalue weighted by atomic mass is 9.97. The summed E-state index contributed by atoms with van der Waals surface area (Å²) in [5, 5.41) is 1.03. The third-order valence-electron chi connectivity index (χ3n) is 5.91. The van der Waals surface area contributed by atoms with Gasteiger partial charge in [-0.05, 0) is 65.1 Å². The molecule has 188 valence electrons. The number of ether oxygens (including phenoxy) is 2. The Morgan fingerprint density at radius 2 is 1.34 bits per heavy atom. The first kappa shape index (κ1) is 29.0. The molecular formula is C29H37IN2O2S. The quantitative estimate of drug-likeness (QED) is 0.133. The summed E-state index contributed by atoms with van der Waals surface area (Å²) in [6.45, 7) is 8.19. The molecule has 0 aliphatic rings. The lowest BCUT2D eigenvalue weighted by molar-refractivity contribution is 0.405. The topological polar surface area (TPSA) is 34.1 Å². The van der Waals surface area contributed by atoms with Crippen LogP contribution in [0.15, 0.2) is 77.8 Å². The maximum atomic E-state index is 5.35. The number of nitrogens with zero attached hydrogens (tertiary/aromatic N) is 2. The third kappa shape index (κ3) is 8.46. The van der Waals surface area contributed by atoms with Crippen molar-refractivity contribution in [3.63, 3.8) is 0 Å². The van der Waals surface area contributed by atoms with Crippen molar-refractivity contribution in [2.45, 2.75) is 46.2 Å². The van der Waals surface area contributed by atoms with E-state index >= 15 is 0 Å². The fourth-order valence-corrected chi connectivity index (χ4v) is 4.48. The molecule has 0 heterocycles. The predicted molar refractivity (Wildman–Crippen MR) is 161 cm³/mol. The third-order valence-corrected chi connectivity index (χ3v) is 6.80. The average molecular weight is 605 g/mol. The number of rotatable bonds is 10. The molecule has 3 rings (SSSR count). The Kier molecular flexibility index (Phi) is 12.5. The van der Waals surface area contributed by atoms with Crippen LogP contribution in [0, 0.1) is 0 Å². The molecule has 6 heteroatoms. The van der Waals surface area contributed by atoms with Crippen LogP contribution in [-0.2, 0) is 13.1 Å². The van der Waals surface area contributed by atoms with Gasteiger partial charge in [0.15, 0.2) is 5.17 Å². The number of para-hydroxylation sites is 1. The number of thioether (sulfide) groups is 1. The average Bonchev–Trinajstić information content (AvgIpc) is 2.88. The van der Waals surface area contributed by atoms with Gasteiger partial charge in [0.1, 0.15) is 11.5 Å². The normalized spacial score (nSPS) is 12.0. The number of halogens is 1. The first-order valence-electron chi connectivity index (χ1n) is 11.9. The van der Waals surface area contributed by atoms with Crippen LogP contribution < -0.4 is 9.47 Å². The summed E-state index contributed by atoms with van der Waals surface area (Å²) in [6, 6.07) is 25.1. The lowest BCUT2D eigenvalue weighted by Crippen LogP contribution is -2.28. The van der Waals surface area contributed by atoms with Crippen molar-refractivity contribution >= 4 is 46.6 Å². The first-order valence-corrected chi connectivity index (χ1v) is 12.9. The predicted octanol–water partition coefficient (Wildman–Crippen LogP) is 8.28. The van der Waals surface area contributed by atoms with Crippen molar-refractivity contribution in [1.82, 2.24) is 4.90 Å². The second kappa shape index (κ2) is 15.0. The molecule has 1 unspecified atom stereocenters. The molecule has 0 aliphatic carbocycles. The molecule has 3 aromatic carbocycles. The molecule has 35 heavy (non-hydrogen) atoms. The van der Waals surface area contributed by atoms with Gasteiger partial charge < -0.3 is 14.4 Å². The van der Waals surface area contributed by atoms with Gasteiger partial charge >= 0.3 is 0 Å². The minimum atomic E-state index is 0.